The van der Waals surface area contributed by atoms with E-state index >= 15 is 0 Å². The van der Waals surface area contributed by atoms with Gasteiger partial charge in [0, 0.05) is 19.4 Å². The molecule has 0 aliphatic rings. The van der Waals surface area contributed by atoms with Gasteiger partial charge >= 0.3 is 5.97 Å². The Morgan fingerprint density at radius 1 is 0.568 bits per heavy atom. The Kier molecular flexibility index (Phi) is 26.3. The van der Waals surface area contributed by atoms with Crippen molar-refractivity contribution < 1.29 is 19.1 Å². The standard InChI is InChI=1S/C31H60N2O4/c1-4-6-8-10-12-14-16-18-20-25-29(34)32-27-23-22-24-28(31(36)37-3)33-30(35)26-21-19-17-15-13-11-9-7-5-2/h28H,4-27H2,1-3H3,(H,32,34)(H,33,35). The molecule has 1 unspecified atom stereocenters. The summed E-state index contributed by atoms with van der Waals surface area (Å²) in [6, 6.07) is -0.603. The molecule has 0 heterocycles. The van der Waals surface area contributed by atoms with Gasteiger partial charge in [0.1, 0.15) is 6.04 Å². The number of hydrogen-bond donors (Lipinski definition) is 2. The molecule has 1 atom stereocenters. The summed E-state index contributed by atoms with van der Waals surface area (Å²) in [7, 11) is 1.36. The van der Waals surface area contributed by atoms with Crippen molar-refractivity contribution in [2.45, 2.75) is 168 Å². The van der Waals surface area contributed by atoms with Gasteiger partial charge in [0.25, 0.3) is 0 Å². The van der Waals surface area contributed by atoms with Crippen molar-refractivity contribution in [1.82, 2.24) is 10.6 Å². The van der Waals surface area contributed by atoms with E-state index in [1.54, 1.807) is 0 Å². The Balaban J connectivity index is 3.81. The van der Waals surface area contributed by atoms with E-state index in [4.69, 9.17) is 4.74 Å². The van der Waals surface area contributed by atoms with Gasteiger partial charge in [-0.15, -0.1) is 0 Å². The highest BCUT2D eigenvalue weighted by Crippen LogP contribution is 2.12. The molecule has 6 heteroatoms. The third kappa shape index (κ3) is 24.5. The molecule has 0 spiro atoms. The number of amides is 2. The van der Waals surface area contributed by atoms with E-state index in [1.807, 2.05) is 0 Å². The molecule has 6 nitrogen and oxygen atoms in total. The van der Waals surface area contributed by atoms with Crippen molar-refractivity contribution >= 4 is 17.8 Å². The molecular weight excluding hydrogens is 464 g/mol. The van der Waals surface area contributed by atoms with Crippen LogP contribution in [0.4, 0.5) is 0 Å². The number of carbonyl (C=O) groups excluding carboxylic acids is 3. The quantitative estimate of drug-likeness (QED) is 0.0849. The van der Waals surface area contributed by atoms with E-state index < -0.39 is 12.0 Å². The van der Waals surface area contributed by atoms with Gasteiger partial charge in [0.2, 0.25) is 11.8 Å². The summed E-state index contributed by atoms with van der Waals surface area (Å²) in [5.41, 5.74) is 0. The van der Waals surface area contributed by atoms with Crippen LogP contribution in [-0.4, -0.2) is 37.5 Å². The lowest BCUT2D eigenvalue weighted by Crippen LogP contribution is -2.41. The van der Waals surface area contributed by atoms with Crippen LogP contribution in [0.1, 0.15) is 162 Å². The summed E-state index contributed by atoms with van der Waals surface area (Å²) in [6.07, 6.45) is 25.2. The van der Waals surface area contributed by atoms with Crippen molar-refractivity contribution in [3.05, 3.63) is 0 Å². The number of unbranched alkanes of at least 4 members (excludes halogenated alkanes) is 17. The zero-order chi connectivity index (χ0) is 27.4. The minimum Gasteiger partial charge on any atom is -0.467 e. The zero-order valence-corrected chi connectivity index (χ0v) is 24.7. The Hall–Kier alpha value is -1.59. The Labute approximate surface area is 228 Å². The normalized spacial score (nSPS) is 11.8. The molecule has 0 aromatic rings. The number of carbonyl (C=O) groups is 3. The fourth-order valence-corrected chi connectivity index (χ4v) is 4.64. The maximum absolute atomic E-state index is 12.3. The number of ether oxygens (including phenoxy) is 1. The van der Waals surface area contributed by atoms with Gasteiger partial charge in [-0.25, -0.2) is 4.79 Å². The summed E-state index contributed by atoms with van der Waals surface area (Å²) >= 11 is 0. The number of nitrogens with one attached hydrogen (secondary N) is 2. The highest BCUT2D eigenvalue weighted by molar-refractivity contribution is 5.84. The Morgan fingerprint density at radius 3 is 1.46 bits per heavy atom. The third-order valence-corrected chi connectivity index (χ3v) is 7.08. The molecule has 0 rings (SSSR count). The first-order chi connectivity index (χ1) is 18.0. The van der Waals surface area contributed by atoms with E-state index in [9.17, 15) is 14.4 Å². The lowest BCUT2D eigenvalue weighted by Gasteiger charge is -2.16. The summed E-state index contributed by atoms with van der Waals surface area (Å²) in [4.78, 5) is 36.4. The van der Waals surface area contributed by atoms with Gasteiger partial charge in [-0.1, -0.05) is 117 Å². The number of hydrogen-bond acceptors (Lipinski definition) is 4. The largest absolute Gasteiger partial charge is 0.467 e. The number of methoxy groups -OCH3 is 1. The van der Waals surface area contributed by atoms with Crippen molar-refractivity contribution in [3.63, 3.8) is 0 Å². The maximum Gasteiger partial charge on any atom is 0.328 e. The summed E-state index contributed by atoms with van der Waals surface area (Å²) in [6.45, 7) is 5.08. The molecule has 2 N–H and O–H groups in total. The van der Waals surface area contributed by atoms with Crippen molar-refractivity contribution in [2.75, 3.05) is 13.7 Å². The second-order valence-corrected chi connectivity index (χ2v) is 10.6. The molecular formula is C31H60N2O4. The molecule has 0 aliphatic heterocycles. The molecule has 0 bridgehead atoms. The molecule has 0 aromatic carbocycles. The van der Waals surface area contributed by atoms with Gasteiger partial charge in [0.05, 0.1) is 7.11 Å². The first-order valence-electron chi connectivity index (χ1n) is 15.7. The van der Waals surface area contributed by atoms with E-state index in [2.05, 4.69) is 24.5 Å². The number of esters is 1. The molecule has 0 fully saturated rings. The monoisotopic (exact) mass is 524 g/mol. The van der Waals surface area contributed by atoms with Crippen LogP contribution in [0, 0.1) is 0 Å². The van der Waals surface area contributed by atoms with Gasteiger partial charge < -0.3 is 15.4 Å². The van der Waals surface area contributed by atoms with Crippen LogP contribution in [0.15, 0.2) is 0 Å². The minimum atomic E-state index is -0.603. The Morgan fingerprint density at radius 2 is 1.00 bits per heavy atom. The molecule has 218 valence electrons. The summed E-state index contributed by atoms with van der Waals surface area (Å²) in [5.74, 6) is -0.357. The second kappa shape index (κ2) is 27.4. The molecule has 0 saturated heterocycles. The SMILES string of the molecule is CCCCCCCCCCCC(=O)NCCCCC(NC(=O)CCCCCCCCCCC)C(=O)OC. The minimum absolute atomic E-state index is 0.0763. The average molecular weight is 525 g/mol. The predicted molar refractivity (Wildman–Crippen MR) is 154 cm³/mol. The van der Waals surface area contributed by atoms with Crippen molar-refractivity contribution in [2.24, 2.45) is 0 Å². The van der Waals surface area contributed by atoms with Gasteiger partial charge in [-0.05, 0) is 32.1 Å². The van der Waals surface area contributed by atoms with Crippen LogP contribution in [0.5, 0.6) is 0 Å². The van der Waals surface area contributed by atoms with E-state index in [0.29, 0.717) is 25.8 Å². The first kappa shape index (κ1) is 35.4. The Bertz CT molecular complexity index is 553. The maximum atomic E-state index is 12.3. The van der Waals surface area contributed by atoms with Crippen LogP contribution in [-0.2, 0) is 19.1 Å². The highest BCUT2D eigenvalue weighted by atomic mass is 16.5. The van der Waals surface area contributed by atoms with Gasteiger partial charge in [0.15, 0.2) is 0 Å². The average Bonchev–Trinajstić information content (AvgIpc) is 2.89. The van der Waals surface area contributed by atoms with E-state index in [0.717, 1.165) is 38.5 Å². The van der Waals surface area contributed by atoms with Gasteiger partial charge in [-0.3, -0.25) is 9.59 Å². The highest BCUT2D eigenvalue weighted by Gasteiger charge is 2.20. The fourth-order valence-electron chi connectivity index (χ4n) is 4.64. The van der Waals surface area contributed by atoms with Crippen LogP contribution in [0.3, 0.4) is 0 Å². The lowest BCUT2D eigenvalue weighted by molar-refractivity contribution is -0.145. The zero-order valence-electron chi connectivity index (χ0n) is 24.7. The summed E-state index contributed by atoms with van der Waals surface area (Å²) in [5, 5.41) is 5.83. The topological polar surface area (TPSA) is 84.5 Å². The third-order valence-electron chi connectivity index (χ3n) is 7.08. The molecule has 0 saturated carbocycles. The van der Waals surface area contributed by atoms with E-state index in [-0.39, 0.29) is 11.8 Å². The smallest absolute Gasteiger partial charge is 0.328 e. The first-order valence-corrected chi connectivity index (χ1v) is 15.7. The second-order valence-electron chi connectivity index (χ2n) is 10.6. The van der Waals surface area contributed by atoms with E-state index in [1.165, 1.54) is 97.0 Å². The molecule has 0 aliphatic carbocycles. The van der Waals surface area contributed by atoms with Crippen LogP contribution >= 0.6 is 0 Å². The lowest BCUT2D eigenvalue weighted by atomic mass is 10.1. The molecule has 0 radical (unpaired) electrons. The van der Waals surface area contributed by atoms with Gasteiger partial charge in [-0.2, -0.15) is 0 Å². The summed E-state index contributed by atoms with van der Waals surface area (Å²) < 4.78 is 4.88. The van der Waals surface area contributed by atoms with Crippen LogP contribution < -0.4 is 10.6 Å². The van der Waals surface area contributed by atoms with Crippen molar-refractivity contribution in [1.29, 1.82) is 0 Å². The molecule has 0 aromatic heterocycles. The predicted octanol–water partition coefficient (Wildman–Crippen LogP) is 7.77. The van der Waals surface area contributed by atoms with Crippen LogP contribution in [0.2, 0.25) is 0 Å². The molecule has 2 amide bonds. The molecule has 37 heavy (non-hydrogen) atoms. The number of rotatable bonds is 27. The van der Waals surface area contributed by atoms with Crippen molar-refractivity contribution in [3.8, 4) is 0 Å². The van der Waals surface area contributed by atoms with Crippen LogP contribution in [0.25, 0.3) is 0 Å². The fraction of sp³-hybridized carbons (Fsp3) is 0.903.